The molecule has 2 aromatic rings. The van der Waals surface area contributed by atoms with Gasteiger partial charge in [-0.2, -0.15) is 0 Å². The number of fused-ring (bicyclic) bond motifs is 1. The van der Waals surface area contributed by atoms with Crippen molar-refractivity contribution in [1.82, 2.24) is 20.3 Å². The van der Waals surface area contributed by atoms with Gasteiger partial charge in [-0.1, -0.05) is 6.07 Å². The monoisotopic (exact) mass is 378 g/mol. The molecule has 2 fully saturated rings. The van der Waals surface area contributed by atoms with Gasteiger partial charge in [-0.15, -0.1) is 0 Å². The van der Waals surface area contributed by atoms with Gasteiger partial charge < -0.3 is 16.0 Å². The van der Waals surface area contributed by atoms with E-state index in [1.165, 1.54) is 12.1 Å². The van der Waals surface area contributed by atoms with E-state index in [0.717, 1.165) is 25.1 Å². The Hall–Kier alpha value is -3.29. The Morgan fingerprint density at radius 1 is 1.25 bits per heavy atom. The van der Waals surface area contributed by atoms with Crippen LogP contribution in [0.2, 0.25) is 0 Å². The van der Waals surface area contributed by atoms with Crippen molar-refractivity contribution in [3.8, 4) is 0 Å². The molecule has 1 saturated carbocycles. The van der Waals surface area contributed by atoms with E-state index in [2.05, 4.69) is 25.2 Å². The molecule has 2 aliphatic rings. The van der Waals surface area contributed by atoms with E-state index in [4.69, 9.17) is 5.73 Å². The molecule has 3 heterocycles. The van der Waals surface area contributed by atoms with Gasteiger partial charge in [-0.05, 0) is 47.9 Å². The quantitative estimate of drug-likeness (QED) is 0.691. The second-order valence-corrected chi connectivity index (χ2v) is 7.20. The topological polar surface area (TPSA) is 114 Å². The first-order valence-corrected chi connectivity index (χ1v) is 9.35. The number of carbonyl (C=O) groups excluding carboxylic acids is 2. The lowest BCUT2D eigenvalue weighted by molar-refractivity contribution is -0.116. The lowest BCUT2D eigenvalue weighted by atomic mass is 10.2. The molecule has 28 heavy (non-hydrogen) atoms. The molecule has 2 amide bonds. The van der Waals surface area contributed by atoms with Gasteiger partial charge >= 0.3 is 0 Å². The third-order valence-electron chi connectivity index (χ3n) is 5.44. The second-order valence-electron chi connectivity index (χ2n) is 7.20. The van der Waals surface area contributed by atoms with Gasteiger partial charge in [0.05, 0.1) is 0 Å². The molecule has 2 aromatic heterocycles. The van der Waals surface area contributed by atoms with Crippen LogP contribution in [0.15, 0.2) is 42.9 Å². The van der Waals surface area contributed by atoms with Crippen LogP contribution in [-0.4, -0.2) is 46.4 Å². The summed E-state index contributed by atoms with van der Waals surface area (Å²) in [4.78, 5) is 37.8. The number of rotatable bonds is 7. The van der Waals surface area contributed by atoms with Crippen LogP contribution in [0.25, 0.3) is 6.08 Å². The number of aromatic nitrogens is 3. The highest BCUT2D eigenvalue weighted by Gasteiger charge is 2.55. The molecule has 8 nitrogen and oxygen atoms in total. The van der Waals surface area contributed by atoms with E-state index >= 15 is 0 Å². The highest BCUT2D eigenvalue weighted by molar-refractivity contribution is 5.91. The number of amides is 2. The number of nitrogens with two attached hydrogens (primary N) is 1. The maximum Gasteiger partial charge on any atom is 0.267 e. The second kappa shape index (κ2) is 7.75. The molecule has 0 spiro atoms. The minimum Gasteiger partial charge on any atom is -0.364 e. The van der Waals surface area contributed by atoms with Crippen molar-refractivity contribution in [1.29, 1.82) is 0 Å². The van der Waals surface area contributed by atoms with Crippen molar-refractivity contribution in [3.63, 3.8) is 0 Å². The summed E-state index contributed by atoms with van der Waals surface area (Å²) < 4.78 is 0. The standard InChI is InChI=1S/C20H22N6O2/c21-19(28)17-6-9-24-20(25-17)26-11-15-14(16(15)12-26)5-8-23-18(27)4-3-13-2-1-7-22-10-13/h1-4,6-7,9-10,14-16H,5,8,11-12H2,(H2,21,28)(H,23,27)/b4-3+/t14-,15-,16+. The number of hydrogen-bond donors (Lipinski definition) is 2. The number of nitrogens with one attached hydrogen (secondary N) is 1. The molecular formula is C20H22N6O2. The number of anilines is 1. The average Bonchev–Trinajstić information content (AvgIpc) is 3.16. The summed E-state index contributed by atoms with van der Waals surface area (Å²) in [5.74, 6) is 1.76. The van der Waals surface area contributed by atoms with E-state index in [1.54, 1.807) is 24.7 Å². The number of carbonyl (C=O) groups is 2. The summed E-state index contributed by atoms with van der Waals surface area (Å²) in [5.41, 5.74) is 6.42. The van der Waals surface area contributed by atoms with E-state index in [-0.39, 0.29) is 11.6 Å². The number of nitrogens with zero attached hydrogens (tertiary/aromatic N) is 4. The van der Waals surface area contributed by atoms with Gasteiger partial charge in [0.2, 0.25) is 11.9 Å². The fourth-order valence-electron chi connectivity index (χ4n) is 3.95. The van der Waals surface area contributed by atoms with E-state index in [1.807, 2.05) is 12.1 Å². The van der Waals surface area contributed by atoms with Gasteiger partial charge in [-0.25, -0.2) is 9.97 Å². The Morgan fingerprint density at radius 2 is 2.07 bits per heavy atom. The first-order chi connectivity index (χ1) is 13.6. The zero-order valence-corrected chi connectivity index (χ0v) is 15.4. The molecule has 1 aliphatic carbocycles. The van der Waals surface area contributed by atoms with Crippen molar-refractivity contribution in [2.75, 3.05) is 24.5 Å². The molecule has 0 aromatic carbocycles. The molecule has 0 radical (unpaired) electrons. The lowest BCUT2D eigenvalue weighted by Crippen LogP contribution is -2.28. The normalized spacial score (nSPS) is 22.9. The maximum absolute atomic E-state index is 11.9. The number of hydrogen-bond acceptors (Lipinski definition) is 6. The third-order valence-corrected chi connectivity index (χ3v) is 5.44. The molecule has 0 bridgehead atoms. The lowest BCUT2D eigenvalue weighted by Gasteiger charge is -2.19. The van der Waals surface area contributed by atoms with Crippen molar-refractivity contribution < 1.29 is 9.59 Å². The summed E-state index contributed by atoms with van der Waals surface area (Å²) in [6.07, 6.45) is 9.24. The van der Waals surface area contributed by atoms with Crippen LogP contribution in [0.3, 0.4) is 0 Å². The minimum absolute atomic E-state index is 0.0899. The van der Waals surface area contributed by atoms with Crippen LogP contribution >= 0.6 is 0 Å². The largest absolute Gasteiger partial charge is 0.364 e. The Kier molecular flexibility index (Phi) is 5.01. The minimum atomic E-state index is -0.542. The summed E-state index contributed by atoms with van der Waals surface area (Å²) >= 11 is 0. The Bertz CT molecular complexity index is 889. The highest BCUT2D eigenvalue weighted by Crippen LogP contribution is 2.53. The Balaban J connectivity index is 1.20. The Labute approximate surface area is 162 Å². The van der Waals surface area contributed by atoms with Gasteiger partial charge in [0.1, 0.15) is 5.69 Å². The summed E-state index contributed by atoms with van der Waals surface area (Å²) in [6, 6.07) is 5.26. The SMILES string of the molecule is NC(=O)c1ccnc(N2C[C@@H]3[C@@H](CCNC(=O)/C=C/c4cccnc4)[C@@H]3C2)n1. The fourth-order valence-corrected chi connectivity index (χ4v) is 3.95. The molecular weight excluding hydrogens is 356 g/mol. The molecule has 144 valence electrons. The van der Waals surface area contributed by atoms with Crippen molar-refractivity contribution >= 4 is 23.8 Å². The van der Waals surface area contributed by atoms with E-state index < -0.39 is 5.91 Å². The van der Waals surface area contributed by atoms with Crippen LogP contribution in [0.5, 0.6) is 0 Å². The van der Waals surface area contributed by atoms with Crippen molar-refractivity contribution in [3.05, 3.63) is 54.1 Å². The molecule has 3 N–H and O–H groups in total. The van der Waals surface area contributed by atoms with Crippen LogP contribution in [0.1, 0.15) is 22.5 Å². The number of pyridine rings is 1. The average molecular weight is 378 g/mol. The van der Waals surface area contributed by atoms with Crippen LogP contribution < -0.4 is 16.0 Å². The van der Waals surface area contributed by atoms with Crippen molar-refractivity contribution in [2.24, 2.45) is 23.5 Å². The molecule has 3 atom stereocenters. The zero-order valence-electron chi connectivity index (χ0n) is 15.4. The number of piperidine rings is 1. The van der Waals surface area contributed by atoms with Crippen LogP contribution in [0, 0.1) is 17.8 Å². The predicted octanol–water partition coefficient (Wildman–Crippen LogP) is 0.872. The van der Waals surface area contributed by atoms with E-state index in [0.29, 0.717) is 30.2 Å². The fraction of sp³-hybridized carbons (Fsp3) is 0.350. The number of primary amides is 1. The first-order valence-electron chi connectivity index (χ1n) is 9.35. The van der Waals surface area contributed by atoms with Gasteiger partial charge in [0, 0.05) is 44.3 Å². The summed E-state index contributed by atoms with van der Waals surface area (Å²) in [7, 11) is 0. The first kappa shape index (κ1) is 18.1. The molecule has 4 rings (SSSR count). The smallest absolute Gasteiger partial charge is 0.267 e. The van der Waals surface area contributed by atoms with E-state index in [9.17, 15) is 9.59 Å². The summed E-state index contributed by atoms with van der Waals surface area (Å²) in [6.45, 7) is 2.43. The summed E-state index contributed by atoms with van der Waals surface area (Å²) in [5, 5.41) is 2.94. The van der Waals surface area contributed by atoms with Gasteiger partial charge in [-0.3, -0.25) is 14.6 Å². The molecule has 8 heteroatoms. The highest BCUT2D eigenvalue weighted by atomic mass is 16.1. The van der Waals surface area contributed by atoms with Gasteiger partial charge in [0.25, 0.3) is 5.91 Å². The molecule has 1 saturated heterocycles. The Morgan fingerprint density at radius 3 is 2.79 bits per heavy atom. The molecule has 0 unspecified atom stereocenters. The zero-order chi connectivity index (χ0) is 19.5. The maximum atomic E-state index is 11.9. The van der Waals surface area contributed by atoms with Crippen LogP contribution in [0.4, 0.5) is 5.95 Å². The molecule has 1 aliphatic heterocycles. The predicted molar refractivity (Wildman–Crippen MR) is 104 cm³/mol. The van der Waals surface area contributed by atoms with Gasteiger partial charge in [0.15, 0.2) is 0 Å². The third kappa shape index (κ3) is 4.00. The van der Waals surface area contributed by atoms with Crippen molar-refractivity contribution in [2.45, 2.75) is 6.42 Å². The van der Waals surface area contributed by atoms with Crippen LogP contribution in [-0.2, 0) is 4.79 Å².